The van der Waals surface area contributed by atoms with Crippen molar-refractivity contribution in [2.45, 2.75) is 38.9 Å². The van der Waals surface area contributed by atoms with Gasteiger partial charge in [0.1, 0.15) is 0 Å². The predicted octanol–water partition coefficient (Wildman–Crippen LogP) is 9.63. The van der Waals surface area contributed by atoms with Crippen LogP contribution in [0.5, 0.6) is 0 Å². The Morgan fingerprint density at radius 2 is 1.25 bits per heavy atom. The Morgan fingerprint density at radius 1 is 0.568 bits per heavy atom. The Labute approximate surface area is 277 Å². The molecule has 0 amide bonds. The van der Waals surface area contributed by atoms with Gasteiger partial charge in [-0.15, -0.1) is 71.3 Å². The monoisotopic (exact) mass is 767 g/mol. The zero-order valence-electron chi connectivity index (χ0n) is 26.0. The molecule has 0 fully saturated rings. The van der Waals surface area contributed by atoms with Gasteiger partial charge in [0.15, 0.2) is 0 Å². The molecule has 223 valence electrons. The van der Waals surface area contributed by atoms with Crippen molar-refractivity contribution >= 4 is 13.3 Å². The summed E-state index contributed by atoms with van der Waals surface area (Å²) in [4.78, 5) is 9.14. The third-order valence-electron chi connectivity index (χ3n) is 7.78. The zero-order valence-corrected chi connectivity index (χ0v) is 29.4. The quantitative estimate of drug-likeness (QED) is 0.125. The van der Waals surface area contributed by atoms with Gasteiger partial charge in [-0.1, -0.05) is 112 Å². The van der Waals surface area contributed by atoms with Crippen molar-refractivity contribution in [2.75, 3.05) is 0 Å². The average molecular weight is 767 g/mol. The van der Waals surface area contributed by atoms with Crippen LogP contribution in [-0.2, 0) is 25.5 Å². The summed E-state index contributed by atoms with van der Waals surface area (Å²) in [5, 5.41) is 1.38. The molecule has 0 atom stereocenters. The van der Waals surface area contributed by atoms with Gasteiger partial charge in [-0.2, -0.15) is 0 Å². The molecule has 2 nitrogen and oxygen atoms in total. The first-order valence-corrected chi connectivity index (χ1v) is 18.2. The van der Waals surface area contributed by atoms with Crippen LogP contribution in [0.4, 0.5) is 0 Å². The van der Waals surface area contributed by atoms with Gasteiger partial charge in [0, 0.05) is 37.9 Å². The van der Waals surface area contributed by atoms with Crippen LogP contribution < -0.4 is 5.19 Å². The summed E-state index contributed by atoms with van der Waals surface area (Å²) in [5.74, 6) is 0. The summed E-state index contributed by atoms with van der Waals surface area (Å²) < 4.78 is 0. The second-order valence-corrected chi connectivity index (χ2v) is 17.3. The molecule has 0 aliphatic heterocycles. The van der Waals surface area contributed by atoms with E-state index in [1.165, 1.54) is 27.4 Å². The summed E-state index contributed by atoms with van der Waals surface area (Å²) in [7, 11) is -1.29. The van der Waals surface area contributed by atoms with Gasteiger partial charge in [0.25, 0.3) is 0 Å². The minimum absolute atomic E-state index is 0. The van der Waals surface area contributed by atoms with E-state index in [9.17, 15) is 0 Å². The first-order chi connectivity index (χ1) is 20.7. The molecule has 4 heteroatoms. The molecule has 2 aromatic heterocycles. The number of aromatic nitrogens is 2. The van der Waals surface area contributed by atoms with Crippen molar-refractivity contribution in [2.24, 2.45) is 0 Å². The van der Waals surface area contributed by atoms with Gasteiger partial charge in [0.05, 0.1) is 8.07 Å². The number of benzene rings is 4. The molecule has 0 unspecified atom stereocenters. The zero-order chi connectivity index (χ0) is 30.3. The predicted molar refractivity (Wildman–Crippen MR) is 184 cm³/mol. The smallest absolute Gasteiger partial charge is 0.0795 e. The topological polar surface area (TPSA) is 25.8 Å². The van der Waals surface area contributed by atoms with Crippen molar-refractivity contribution in [1.82, 2.24) is 9.97 Å². The van der Waals surface area contributed by atoms with E-state index in [4.69, 9.17) is 0 Å². The van der Waals surface area contributed by atoms with Crippen LogP contribution in [0, 0.1) is 12.1 Å². The maximum Gasteiger partial charge on any atom is 0.0795 e. The molecule has 0 spiro atoms. The molecule has 2 heterocycles. The van der Waals surface area contributed by atoms with Gasteiger partial charge in [0.2, 0.25) is 0 Å². The van der Waals surface area contributed by atoms with Gasteiger partial charge >= 0.3 is 0 Å². The Balaban J connectivity index is 0.000000197. The van der Waals surface area contributed by atoms with Crippen molar-refractivity contribution < 1.29 is 20.1 Å². The molecular formula is C40H38IrN2Si-2. The summed E-state index contributed by atoms with van der Waals surface area (Å²) in [6.45, 7) is 11.5. The molecule has 0 aliphatic carbocycles. The Kier molecular flexibility index (Phi) is 11.0. The van der Waals surface area contributed by atoms with E-state index in [1.807, 2.05) is 48.8 Å². The Bertz CT molecular complexity index is 1750. The van der Waals surface area contributed by atoms with Crippen molar-refractivity contribution in [3.05, 3.63) is 163 Å². The SMILES string of the molecule is CC(C)(c1ccccc1)c1ccnc(-c2[c-]cccc2)c1.C[Si](C)(C)c1ccc(-c2[c-]ccc(-c3ccccc3)c2)nc1.[Ir]. The molecule has 44 heavy (non-hydrogen) atoms. The largest absolute Gasteiger partial charge is 0.305 e. The van der Waals surface area contributed by atoms with E-state index in [-0.39, 0.29) is 25.5 Å². The van der Waals surface area contributed by atoms with Gasteiger partial charge in [-0.05, 0) is 39.3 Å². The van der Waals surface area contributed by atoms with E-state index in [2.05, 4.69) is 147 Å². The van der Waals surface area contributed by atoms with Gasteiger partial charge in [-0.25, -0.2) is 0 Å². The first-order valence-electron chi connectivity index (χ1n) is 14.7. The van der Waals surface area contributed by atoms with Crippen molar-refractivity contribution in [1.29, 1.82) is 0 Å². The molecule has 6 aromatic rings. The molecule has 1 radical (unpaired) electrons. The van der Waals surface area contributed by atoms with E-state index in [1.54, 1.807) is 0 Å². The van der Waals surface area contributed by atoms with Crippen molar-refractivity contribution in [3.63, 3.8) is 0 Å². The molecule has 0 saturated heterocycles. The van der Waals surface area contributed by atoms with Crippen LogP contribution in [0.2, 0.25) is 19.6 Å². The maximum absolute atomic E-state index is 4.65. The van der Waals surface area contributed by atoms with Crippen LogP contribution in [0.15, 0.2) is 140 Å². The van der Waals surface area contributed by atoms with Crippen LogP contribution in [0.3, 0.4) is 0 Å². The fraction of sp³-hybridized carbons (Fsp3) is 0.150. The Morgan fingerprint density at radius 3 is 1.89 bits per heavy atom. The molecule has 4 aromatic carbocycles. The number of nitrogens with zero attached hydrogens (tertiary/aromatic N) is 2. The van der Waals surface area contributed by atoms with Crippen LogP contribution in [0.25, 0.3) is 33.6 Å². The maximum atomic E-state index is 4.65. The third-order valence-corrected chi connectivity index (χ3v) is 9.80. The number of pyridine rings is 2. The second-order valence-electron chi connectivity index (χ2n) is 12.2. The normalized spacial score (nSPS) is 11.1. The second kappa shape index (κ2) is 14.7. The fourth-order valence-corrected chi connectivity index (χ4v) is 6.00. The van der Waals surface area contributed by atoms with Crippen LogP contribution in [0.1, 0.15) is 25.0 Å². The summed E-state index contributed by atoms with van der Waals surface area (Å²) >= 11 is 0. The molecule has 0 aliphatic rings. The van der Waals surface area contributed by atoms with Crippen LogP contribution in [-0.4, -0.2) is 18.0 Å². The standard InChI is InChI=1S/C20H20NSi.C20H18N.Ir/c1-22(2,3)19-12-13-20(21-15-19)18-11-7-10-17(14-18)16-8-5-4-6-9-16;1-20(2,17-11-7-4-8-12-17)18-13-14-21-19(15-18)16-9-5-3-6-10-16;/h4-10,12-15H,1-3H3;3-9,11-15H,1-2H3;/q2*-1;. The van der Waals surface area contributed by atoms with Gasteiger partial charge in [-0.3, -0.25) is 0 Å². The summed E-state index contributed by atoms with van der Waals surface area (Å²) in [6.07, 6.45) is 3.92. The molecular weight excluding hydrogens is 729 g/mol. The number of hydrogen-bond donors (Lipinski definition) is 0. The van der Waals surface area contributed by atoms with E-state index in [0.717, 1.165) is 22.5 Å². The average Bonchev–Trinajstić information content (AvgIpc) is 3.06. The number of hydrogen-bond acceptors (Lipinski definition) is 2. The molecule has 0 bridgehead atoms. The summed E-state index contributed by atoms with van der Waals surface area (Å²) in [5.41, 5.74) is 8.97. The Hall–Kier alpha value is -3.95. The third kappa shape index (κ3) is 8.15. The minimum Gasteiger partial charge on any atom is -0.305 e. The molecule has 0 N–H and O–H groups in total. The fourth-order valence-electron chi connectivity index (χ4n) is 4.96. The molecule has 6 rings (SSSR count). The van der Waals surface area contributed by atoms with Gasteiger partial charge < -0.3 is 9.97 Å². The number of rotatable bonds is 6. The molecule has 0 saturated carbocycles. The van der Waals surface area contributed by atoms with E-state index in [0.29, 0.717) is 0 Å². The summed E-state index contributed by atoms with van der Waals surface area (Å²) in [6, 6.07) is 50.3. The first kappa shape index (κ1) is 32.9. The van der Waals surface area contributed by atoms with E-state index >= 15 is 0 Å². The van der Waals surface area contributed by atoms with Crippen molar-refractivity contribution in [3.8, 4) is 33.6 Å². The minimum atomic E-state index is -1.29. The van der Waals surface area contributed by atoms with Crippen LogP contribution >= 0.6 is 0 Å². The van der Waals surface area contributed by atoms with E-state index < -0.39 is 8.07 Å².